The van der Waals surface area contributed by atoms with E-state index in [-0.39, 0.29) is 18.6 Å². The van der Waals surface area contributed by atoms with Crippen LogP contribution >= 0.6 is 23.2 Å². The summed E-state index contributed by atoms with van der Waals surface area (Å²) >= 11 is 11.9. The quantitative estimate of drug-likeness (QED) is 0.928. The highest BCUT2D eigenvalue weighted by atomic mass is 35.5. The van der Waals surface area contributed by atoms with Crippen LogP contribution in [0.15, 0.2) is 18.2 Å². The number of hydrogen-bond acceptors (Lipinski definition) is 3. The first-order chi connectivity index (χ1) is 9.61. The molecule has 0 spiro atoms. The van der Waals surface area contributed by atoms with E-state index in [4.69, 9.17) is 33.0 Å². The van der Waals surface area contributed by atoms with Crippen LogP contribution < -0.4 is 0 Å². The van der Waals surface area contributed by atoms with E-state index in [1.807, 2.05) is 0 Å². The Bertz CT molecular complexity index is 473. The maximum absolute atomic E-state index is 12.4. The summed E-state index contributed by atoms with van der Waals surface area (Å²) in [5.41, 5.74) is 0.478. The van der Waals surface area contributed by atoms with Gasteiger partial charge in [0.25, 0.3) is 5.91 Å². The molecule has 1 aromatic rings. The second-order valence-electron chi connectivity index (χ2n) is 4.71. The van der Waals surface area contributed by atoms with Crippen molar-refractivity contribution in [1.82, 2.24) is 4.90 Å². The largest absolute Gasteiger partial charge is 0.394 e. The van der Waals surface area contributed by atoms with Gasteiger partial charge < -0.3 is 14.7 Å². The highest BCUT2D eigenvalue weighted by Gasteiger charge is 2.25. The lowest BCUT2D eigenvalue weighted by Crippen LogP contribution is -2.41. The summed E-state index contributed by atoms with van der Waals surface area (Å²) in [5, 5.41) is 9.62. The van der Waals surface area contributed by atoms with Crippen molar-refractivity contribution in [2.45, 2.75) is 18.9 Å². The van der Waals surface area contributed by atoms with Gasteiger partial charge in [0, 0.05) is 18.1 Å². The monoisotopic (exact) mass is 317 g/mol. The molecule has 20 heavy (non-hydrogen) atoms. The third-order valence-electron chi connectivity index (χ3n) is 3.34. The minimum Gasteiger partial charge on any atom is -0.394 e. The smallest absolute Gasteiger partial charge is 0.255 e. The average molecular weight is 318 g/mol. The van der Waals surface area contributed by atoms with Crippen molar-refractivity contribution >= 4 is 29.1 Å². The Hall–Kier alpha value is -0.810. The van der Waals surface area contributed by atoms with E-state index in [1.54, 1.807) is 23.1 Å². The van der Waals surface area contributed by atoms with Gasteiger partial charge in [-0.2, -0.15) is 0 Å². The van der Waals surface area contributed by atoms with Gasteiger partial charge in [0.1, 0.15) is 0 Å². The van der Waals surface area contributed by atoms with E-state index in [0.29, 0.717) is 35.3 Å². The van der Waals surface area contributed by atoms with Gasteiger partial charge in [-0.25, -0.2) is 0 Å². The Labute approximate surface area is 128 Å². The number of hydrogen-bond donors (Lipinski definition) is 1. The molecule has 110 valence electrons. The van der Waals surface area contributed by atoms with Gasteiger partial charge in [-0.05, 0) is 31.0 Å². The van der Waals surface area contributed by atoms with Crippen LogP contribution in [-0.4, -0.2) is 48.3 Å². The molecule has 1 fully saturated rings. The summed E-state index contributed by atoms with van der Waals surface area (Å²) in [6, 6.07) is 4.90. The number of carbonyl (C=O) groups is 1. The zero-order valence-corrected chi connectivity index (χ0v) is 12.5. The molecule has 0 saturated carbocycles. The fourth-order valence-corrected chi connectivity index (χ4v) is 2.77. The fraction of sp³-hybridized carbons (Fsp3) is 0.500. The van der Waals surface area contributed by atoms with E-state index in [2.05, 4.69) is 0 Å². The van der Waals surface area contributed by atoms with E-state index in [0.717, 1.165) is 12.8 Å². The number of likely N-dealkylation sites (tertiary alicyclic amines) is 1. The van der Waals surface area contributed by atoms with Crippen molar-refractivity contribution in [1.29, 1.82) is 0 Å². The Kier molecular flexibility index (Phi) is 5.66. The van der Waals surface area contributed by atoms with Crippen LogP contribution in [0.2, 0.25) is 10.0 Å². The Morgan fingerprint density at radius 1 is 1.35 bits per heavy atom. The molecule has 1 saturated heterocycles. The number of amides is 1. The number of piperidine rings is 1. The summed E-state index contributed by atoms with van der Waals surface area (Å²) in [6.45, 7) is 1.64. The molecule has 6 heteroatoms. The number of aliphatic hydroxyl groups excluding tert-OH is 1. The van der Waals surface area contributed by atoms with Gasteiger partial charge in [-0.3, -0.25) is 4.79 Å². The molecule has 4 nitrogen and oxygen atoms in total. The topological polar surface area (TPSA) is 49.8 Å². The zero-order chi connectivity index (χ0) is 14.5. The third kappa shape index (κ3) is 3.85. The zero-order valence-electron chi connectivity index (χ0n) is 11.0. The second kappa shape index (κ2) is 7.27. The normalized spacial score (nSPS) is 16.4. The molecular formula is C14H17Cl2NO3. The fourth-order valence-electron chi connectivity index (χ4n) is 2.28. The van der Waals surface area contributed by atoms with Crippen LogP contribution in [0.3, 0.4) is 0 Å². The van der Waals surface area contributed by atoms with Crippen molar-refractivity contribution in [3.05, 3.63) is 33.8 Å². The van der Waals surface area contributed by atoms with Gasteiger partial charge in [-0.15, -0.1) is 0 Å². The SMILES string of the molecule is O=C(c1ccc(Cl)cc1Cl)N1CCC(OCCO)CC1. The lowest BCUT2D eigenvalue weighted by molar-refractivity contribution is -0.00553. The van der Waals surface area contributed by atoms with Gasteiger partial charge >= 0.3 is 0 Å². The summed E-state index contributed by atoms with van der Waals surface area (Å²) in [4.78, 5) is 14.1. The minimum atomic E-state index is -0.0766. The van der Waals surface area contributed by atoms with Crippen LogP contribution in [0.1, 0.15) is 23.2 Å². The molecule has 2 rings (SSSR count). The van der Waals surface area contributed by atoms with Gasteiger partial charge in [0.15, 0.2) is 0 Å². The molecule has 1 amide bonds. The maximum atomic E-state index is 12.4. The molecule has 0 radical (unpaired) electrons. The Balaban J connectivity index is 1.94. The molecule has 1 aliphatic heterocycles. The molecular weight excluding hydrogens is 301 g/mol. The van der Waals surface area contributed by atoms with E-state index >= 15 is 0 Å². The molecule has 1 aromatic carbocycles. The number of aliphatic hydroxyl groups is 1. The Morgan fingerprint density at radius 3 is 2.65 bits per heavy atom. The van der Waals surface area contributed by atoms with Crippen molar-refractivity contribution < 1.29 is 14.6 Å². The summed E-state index contributed by atoms with van der Waals surface area (Å²) in [5.74, 6) is -0.0766. The second-order valence-corrected chi connectivity index (χ2v) is 5.55. The summed E-state index contributed by atoms with van der Waals surface area (Å²) in [7, 11) is 0. The molecule has 0 bridgehead atoms. The highest BCUT2D eigenvalue weighted by Crippen LogP contribution is 2.24. The number of ether oxygens (including phenoxy) is 1. The first-order valence-corrected chi connectivity index (χ1v) is 7.34. The van der Waals surface area contributed by atoms with Crippen molar-refractivity contribution in [2.75, 3.05) is 26.3 Å². The van der Waals surface area contributed by atoms with Crippen molar-refractivity contribution in [3.8, 4) is 0 Å². The number of carbonyl (C=O) groups excluding carboxylic acids is 1. The first-order valence-electron chi connectivity index (χ1n) is 6.58. The third-order valence-corrected chi connectivity index (χ3v) is 3.88. The number of rotatable bonds is 4. The molecule has 1 N–H and O–H groups in total. The highest BCUT2D eigenvalue weighted by molar-refractivity contribution is 6.36. The van der Waals surface area contributed by atoms with Crippen LogP contribution in [0.25, 0.3) is 0 Å². The summed E-state index contributed by atoms with van der Waals surface area (Å²) in [6.07, 6.45) is 1.67. The molecule has 0 atom stereocenters. The molecule has 0 unspecified atom stereocenters. The van der Waals surface area contributed by atoms with E-state index < -0.39 is 0 Å². The van der Waals surface area contributed by atoms with Crippen LogP contribution in [0, 0.1) is 0 Å². The van der Waals surface area contributed by atoms with E-state index in [9.17, 15) is 4.79 Å². The first kappa shape index (κ1) is 15.6. The lowest BCUT2D eigenvalue weighted by atomic mass is 10.1. The van der Waals surface area contributed by atoms with E-state index in [1.165, 1.54) is 0 Å². The van der Waals surface area contributed by atoms with Crippen molar-refractivity contribution in [3.63, 3.8) is 0 Å². The number of benzene rings is 1. The number of halogens is 2. The lowest BCUT2D eigenvalue weighted by Gasteiger charge is -2.32. The predicted molar refractivity (Wildman–Crippen MR) is 78.4 cm³/mol. The predicted octanol–water partition coefficient (Wildman–Crippen LogP) is 2.61. The van der Waals surface area contributed by atoms with Gasteiger partial charge in [0.05, 0.1) is 29.9 Å². The standard InChI is InChI=1S/C14H17Cl2NO3/c15-10-1-2-12(13(16)9-10)14(19)17-5-3-11(4-6-17)20-8-7-18/h1-2,9,11,18H,3-8H2. The van der Waals surface area contributed by atoms with Crippen LogP contribution in [0.5, 0.6) is 0 Å². The molecule has 1 heterocycles. The molecule has 0 aromatic heterocycles. The van der Waals surface area contributed by atoms with Crippen molar-refractivity contribution in [2.24, 2.45) is 0 Å². The molecule has 1 aliphatic rings. The summed E-state index contributed by atoms with van der Waals surface area (Å²) < 4.78 is 5.47. The van der Waals surface area contributed by atoms with Crippen LogP contribution in [0.4, 0.5) is 0 Å². The molecule has 0 aliphatic carbocycles. The number of nitrogens with zero attached hydrogens (tertiary/aromatic N) is 1. The van der Waals surface area contributed by atoms with Gasteiger partial charge in [0.2, 0.25) is 0 Å². The maximum Gasteiger partial charge on any atom is 0.255 e. The Morgan fingerprint density at radius 2 is 2.05 bits per heavy atom. The average Bonchev–Trinajstić information content (AvgIpc) is 2.45. The minimum absolute atomic E-state index is 0.0273. The van der Waals surface area contributed by atoms with Gasteiger partial charge in [-0.1, -0.05) is 23.2 Å². The van der Waals surface area contributed by atoms with Crippen LogP contribution in [-0.2, 0) is 4.74 Å².